The molecule has 0 bridgehead atoms. The van der Waals surface area contributed by atoms with Crippen molar-refractivity contribution in [1.82, 2.24) is 0 Å². The maximum absolute atomic E-state index is 11.3. The molecule has 2 fully saturated rings. The first-order valence-electron chi connectivity index (χ1n) is 6.84. The second kappa shape index (κ2) is 5.03. The van der Waals surface area contributed by atoms with Crippen LogP contribution in [-0.2, 0) is 14.2 Å². The van der Waals surface area contributed by atoms with Gasteiger partial charge in [-0.1, -0.05) is 0 Å². The van der Waals surface area contributed by atoms with Gasteiger partial charge in [-0.15, -0.1) is 0 Å². The molecule has 7 nitrogen and oxygen atoms in total. The minimum absolute atomic E-state index is 0.160. The van der Waals surface area contributed by atoms with Gasteiger partial charge in [-0.05, 0) is 19.9 Å². The highest BCUT2D eigenvalue weighted by Crippen LogP contribution is 2.40. The lowest BCUT2D eigenvalue weighted by Crippen LogP contribution is -2.46. The molecule has 0 aromatic carbocycles. The summed E-state index contributed by atoms with van der Waals surface area (Å²) in [5, 5.41) is 9.45. The van der Waals surface area contributed by atoms with Gasteiger partial charge in [0.05, 0.1) is 6.61 Å². The van der Waals surface area contributed by atoms with Crippen molar-refractivity contribution in [2.24, 2.45) is 5.73 Å². The highest BCUT2D eigenvalue weighted by Gasteiger charge is 2.58. The molecule has 0 spiro atoms. The number of primary amides is 1. The van der Waals surface area contributed by atoms with Crippen LogP contribution >= 0.6 is 0 Å². The molecular formula is C14H19N2O5+. The zero-order chi connectivity index (χ0) is 15.2. The number of hydrogen-bond donors (Lipinski definition) is 2. The van der Waals surface area contributed by atoms with E-state index in [0.717, 1.165) is 0 Å². The third-order valence-corrected chi connectivity index (χ3v) is 3.71. The van der Waals surface area contributed by atoms with Crippen LogP contribution < -0.4 is 10.3 Å². The Morgan fingerprint density at radius 2 is 2.14 bits per heavy atom. The maximum Gasteiger partial charge on any atom is 0.292 e. The third kappa shape index (κ3) is 2.53. The summed E-state index contributed by atoms with van der Waals surface area (Å²) < 4.78 is 19.2. The van der Waals surface area contributed by atoms with Crippen LogP contribution in [-0.4, -0.2) is 41.7 Å². The molecule has 21 heavy (non-hydrogen) atoms. The lowest BCUT2D eigenvalue weighted by Gasteiger charge is -2.21. The number of rotatable bonds is 3. The molecule has 0 aliphatic carbocycles. The van der Waals surface area contributed by atoms with E-state index in [1.165, 1.54) is 0 Å². The van der Waals surface area contributed by atoms with Crippen molar-refractivity contribution < 1.29 is 28.7 Å². The van der Waals surface area contributed by atoms with Crippen molar-refractivity contribution in [2.75, 3.05) is 6.61 Å². The van der Waals surface area contributed by atoms with Crippen LogP contribution in [0.25, 0.3) is 0 Å². The van der Waals surface area contributed by atoms with E-state index in [1.54, 1.807) is 29.1 Å². The van der Waals surface area contributed by atoms with Crippen LogP contribution in [0.1, 0.15) is 30.4 Å². The molecule has 1 aromatic rings. The quantitative estimate of drug-likeness (QED) is 0.732. The number of aromatic nitrogens is 1. The topological polar surface area (TPSA) is 94.9 Å². The molecule has 114 valence electrons. The summed E-state index contributed by atoms with van der Waals surface area (Å²) in [5.41, 5.74) is 5.67. The van der Waals surface area contributed by atoms with Gasteiger partial charge < -0.3 is 25.1 Å². The van der Waals surface area contributed by atoms with Crippen LogP contribution in [0.3, 0.4) is 0 Å². The van der Waals surface area contributed by atoms with E-state index in [9.17, 15) is 9.90 Å². The van der Waals surface area contributed by atoms with Crippen molar-refractivity contribution in [3.05, 3.63) is 30.1 Å². The fourth-order valence-electron chi connectivity index (χ4n) is 2.84. The van der Waals surface area contributed by atoms with E-state index in [0.29, 0.717) is 5.56 Å². The Hall–Kier alpha value is -1.54. The number of pyridine rings is 1. The lowest BCUT2D eigenvalue weighted by molar-refractivity contribution is -0.766. The minimum atomic E-state index is -0.730. The highest BCUT2D eigenvalue weighted by atomic mass is 16.8. The van der Waals surface area contributed by atoms with E-state index in [2.05, 4.69) is 0 Å². The molecule has 1 amide bonds. The molecule has 3 N–H and O–H groups in total. The predicted molar refractivity (Wildman–Crippen MR) is 70.0 cm³/mol. The van der Waals surface area contributed by atoms with Crippen LogP contribution in [0, 0.1) is 0 Å². The first-order chi connectivity index (χ1) is 9.91. The van der Waals surface area contributed by atoms with Gasteiger partial charge in [0.25, 0.3) is 12.1 Å². The van der Waals surface area contributed by atoms with Crippen LogP contribution in [0.15, 0.2) is 24.5 Å². The van der Waals surface area contributed by atoms with Crippen LogP contribution in [0.5, 0.6) is 0 Å². The maximum atomic E-state index is 11.3. The van der Waals surface area contributed by atoms with E-state index >= 15 is 0 Å². The number of aliphatic hydroxyl groups excluding tert-OH is 1. The largest absolute Gasteiger partial charge is 0.394 e. The summed E-state index contributed by atoms with van der Waals surface area (Å²) in [5.74, 6) is -1.24. The first-order valence-corrected chi connectivity index (χ1v) is 6.84. The molecular weight excluding hydrogens is 276 g/mol. The Balaban J connectivity index is 1.92. The summed E-state index contributed by atoms with van der Waals surface area (Å²) in [4.78, 5) is 11.3. The zero-order valence-corrected chi connectivity index (χ0v) is 11.9. The highest BCUT2D eigenvalue weighted by molar-refractivity contribution is 5.92. The molecule has 0 saturated carbocycles. The number of nitrogens with two attached hydrogens (primary N) is 1. The fraction of sp³-hybridized carbons (Fsp3) is 0.571. The van der Waals surface area contributed by atoms with Gasteiger partial charge in [0.1, 0.15) is 17.8 Å². The SMILES string of the molecule is CC1(C)O[C@@H]2[C@H](O1)[C@H]([n+]1cccc(C(N)=O)c1)O[C@@H]2CO. The Labute approximate surface area is 122 Å². The number of nitrogens with zero attached hydrogens (tertiary/aromatic N) is 1. The number of hydrogen-bond acceptors (Lipinski definition) is 5. The molecule has 1 aromatic heterocycles. The number of carbonyl (C=O) groups excluding carboxylic acids is 1. The first kappa shape index (κ1) is 14.4. The molecule has 3 rings (SSSR count). The van der Waals surface area contributed by atoms with E-state index < -0.39 is 24.0 Å². The Morgan fingerprint density at radius 1 is 1.43 bits per heavy atom. The Bertz CT molecular complexity index is 562. The number of amides is 1. The van der Waals surface area contributed by atoms with Gasteiger partial charge in [-0.3, -0.25) is 4.79 Å². The smallest absolute Gasteiger partial charge is 0.292 e. The van der Waals surface area contributed by atoms with Gasteiger partial charge in [-0.25, -0.2) is 0 Å². The summed E-state index contributed by atoms with van der Waals surface area (Å²) in [6.07, 6.45) is 1.73. The molecule has 3 heterocycles. The number of carbonyl (C=O) groups is 1. The van der Waals surface area contributed by atoms with Crippen molar-refractivity contribution in [3.63, 3.8) is 0 Å². The fourth-order valence-corrected chi connectivity index (χ4v) is 2.84. The Morgan fingerprint density at radius 3 is 2.81 bits per heavy atom. The summed E-state index contributed by atoms with van der Waals surface area (Å²) >= 11 is 0. The van der Waals surface area contributed by atoms with Gasteiger partial charge in [-0.2, -0.15) is 4.57 Å². The van der Waals surface area contributed by atoms with E-state index in [4.69, 9.17) is 19.9 Å². The monoisotopic (exact) mass is 295 g/mol. The summed E-state index contributed by atoms with van der Waals surface area (Å²) in [7, 11) is 0. The van der Waals surface area contributed by atoms with Crippen molar-refractivity contribution in [2.45, 2.75) is 44.2 Å². The second-order valence-electron chi connectivity index (χ2n) is 5.72. The third-order valence-electron chi connectivity index (χ3n) is 3.71. The average Bonchev–Trinajstić information content (AvgIpc) is 2.91. The molecule has 2 saturated heterocycles. The van der Waals surface area contributed by atoms with Crippen molar-refractivity contribution >= 4 is 5.91 Å². The van der Waals surface area contributed by atoms with Crippen molar-refractivity contribution in [1.29, 1.82) is 0 Å². The van der Waals surface area contributed by atoms with E-state index in [1.807, 2.05) is 13.8 Å². The number of aliphatic hydroxyl groups is 1. The molecule has 2 aliphatic heterocycles. The minimum Gasteiger partial charge on any atom is -0.394 e. The standard InChI is InChI=1S/C14H18N2O5/c1-14(2)20-10-9(7-17)19-13(11(10)21-14)16-5-3-4-8(6-16)12(15)18/h3-6,9-11,13,17H,7H2,1-2H3,(H-,15,18)/p+1/t9-,10+,11+,13-/m1/s1. The van der Waals surface area contributed by atoms with Crippen LogP contribution in [0.4, 0.5) is 0 Å². The van der Waals surface area contributed by atoms with Crippen LogP contribution in [0.2, 0.25) is 0 Å². The average molecular weight is 295 g/mol. The summed E-state index contributed by atoms with van der Waals surface area (Å²) in [6.45, 7) is 3.48. The Kier molecular flexibility index (Phi) is 3.45. The predicted octanol–water partition coefficient (Wildman–Crippen LogP) is -0.517. The van der Waals surface area contributed by atoms with Gasteiger partial charge in [0.2, 0.25) is 0 Å². The normalized spacial score (nSPS) is 33.9. The molecule has 4 atom stereocenters. The van der Waals surface area contributed by atoms with Gasteiger partial charge in [0, 0.05) is 6.07 Å². The molecule has 7 heteroatoms. The molecule has 0 radical (unpaired) electrons. The zero-order valence-electron chi connectivity index (χ0n) is 11.9. The molecule has 0 unspecified atom stereocenters. The van der Waals surface area contributed by atoms with E-state index in [-0.39, 0.29) is 18.8 Å². The number of fused-ring (bicyclic) bond motifs is 1. The molecule has 2 aliphatic rings. The van der Waals surface area contributed by atoms with Gasteiger partial charge >= 0.3 is 0 Å². The van der Waals surface area contributed by atoms with Gasteiger partial charge in [0.15, 0.2) is 24.3 Å². The lowest BCUT2D eigenvalue weighted by atomic mass is 10.1. The van der Waals surface area contributed by atoms with Crippen molar-refractivity contribution in [3.8, 4) is 0 Å². The number of ether oxygens (including phenoxy) is 3. The summed E-state index contributed by atoms with van der Waals surface area (Å²) in [6, 6.07) is 3.34. The second-order valence-corrected chi connectivity index (χ2v) is 5.72.